The number of hydrogen-bond donors (Lipinski definition) is 0. The highest BCUT2D eigenvalue weighted by atomic mass is 15.2. The van der Waals surface area contributed by atoms with Crippen LogP contribution in [-0.4, -0.2) is 42.1 Å². The third-order valence-electron chi connectivity index (χ3n) is 5.56. The van der Waals surface area contributed by atoms with Gasteiger partial charge in [-0.05, 0) is 30.3 Å². The number of nitrogens with zero attached hydrogens (tertiary/aromatic N) is 5. The summed E-state index contributed by atoms with van der Waals surface area (Å²) < 4.78 is 0. The van der Waals surface area contributed by atoms with Crippen molar-refractivity contribution in [1.29, 1.82) is 0 Å². The van der Waals surface area contributed by atoms with Gasteiger partial charge in [0.25, 0.3) is 0 Å². The summed E-state index contributed by atoms with van der Waals surface area (Å²) in [7, 11) is 4.10. The molecule has 1 saturated heterocycles. The molecule has 5 heteroatoms. The molecule has 0 aliphatic carbocycles. The molecule has 2 aromatic carbocycles. The SMILES string of the molecule is CN(C)c1ccc(-c2nccnc2C2CN(c3ccc4ccccc4n3)C2)cc1. The van der Waals surface area contributed by atoms with E-state index in [9.17, 15) is 0 Å². The molecular weight excluding hydrogens is 358 g/mol. The van der Waals surface area contributed by atoms with Gasteiger partial charge in [0.2, 0.25) is 0 Å². The van der Waals surface area contributed by atoms with E-state index < -0.39 is 0 Å². The molecule has 1 fully saturated rings. The molecule has 0 saturated carbocycles. The average Bonchev–Trinajstić information content (AvgIpc) is 2.73. The Balaban J connectivity index is 1.37. The van der Waals surface area contributed by atoms with Crippen molar-refractivity contribution in [2.24, 2.45) is 0 Å². The molecule has 0 bridgehead atoms. The molecule has 0 amide bonds. The number of pyridine rings is 1. The van der Waals surface area contributed by atoms with E-state index in [-0.39, 0.29) is 0 Å². The molecule has 0 spiro atoms. The average molecular weight is 381 g/mol. The van der Waals surface area contributed by atoms with E-state index in [1.807, 2.05) is 26.2 Å². The summed E-state index contributed by atoms with van der Waals surface area (Å²) >= 11 is 0. The van der Waals surface area contributed by atoms with Crippen LogP contribution in [0.25, 0.3) is 22.2 Å². The van der Waals surface area contributed by atoms with Crippen LogP contribution in [0, 0.1) is 0 Å². The predicted octanol–water partition coefficient (Wildman–Crippen LogP) is 4.36. The van der Waals surface area contributed by atoms with Gasteiger partial charge in [-0.15, -0.1) is 0 Å². The summed E-state index contributed by atoms with van der Waals surface area (Å²) in [5.74, 6) is 1.39. The van der Waals surface area contributed by atoms with Crippen molar-refractivity contribution in [1.82, 2.24) is 15.0 Å². The first-order chi connectivity index (χ1) is 14.2. The second-order valence-electron chi connectivity index (χ2n) is 7.70. The summed E-state index contributed by atoms with van der Waals surface area (Å²) in [6.45, 7) is 1.82. The molecule has 4 aromatic rings. The Morgan fingerprint density at radius 3 is 2.41 bits per heavy atom. The fourth-order valence-corrected chi connectivity index (χ4v) is 3.86. The maximum Gasteiger partial charge on any atom is 0.129 e. The van der Waals surface area contributed by atoms with Crippen LogP contribution in [0.5, 0.6) is 0 Å². The Hall–Kier alpha value is -3.47. The Morgan fingerprint density at radius 1 is 0.862 bits per heavy atom. The van der Waals surface area contributed by atoms with E-state index in [0.29, 0.717) is 5.92 Å². The second kappa shape index (κ2) is 7.17. The van der Waals surface area contributed by atoms with Gasteiger partial charge in [-0.25, -0.2) is 4.98 Å². The van der Waals surface area contributed by atoms with Crippen molar-refractivity contribution in [2.45, 2.75) is 5.92 Å². The smallest absolute Gasteiger partial charge is 0.129 e. The van der Waals surface area contributed by atoms with Gasteiger partial charge in [0, 0.05) is 62.1 Å². The topological polar surface area (TPSA) is 45.2 Å². The minimum absolute atomic E-state index is 0.362. The van der Waals surface area contributed by atoms with Gasteiger partial charge in [-0.2, -0.15) is 0 Å². The number of hydrogen-bond acceptors (Lipinski definition) is 5. The quantitative estimate of drug-likeness (QED) is 0.525. The van der Waals surface area contributed by atoms with Gasteiger partial charge in [0.1, 0.15) is 5.82 Å². The minimum atomic E-state index is 0.362. The molecule has 1 aliphatic heterocycles. The normalized spacial score (nSPS) is 14.1. The van der Waals surface area contributed by atoms with E-state index in [0.717, 1.165) is 41.4 Å². The molecule has 0 atom stereocenters. The lowest BCUT2D eigenvalue weighted by molar-refractivity contribution is 0.509. The first-order valence-electron chi connectivity index (χ1n) is 9.88. The molecular formula is C24H23N5. The highest BCUT2D eigenvalue weighted by molar-refractivity contribution is 5.80. The van der Waals surface area contributed by atoms with Crippen LogP contribution in [0.1, 0.15) is 11.6 Å². The molecule has 5 nitrogen and oxygen atoms in total. The van der Waals surface area contributed by atoms with Crippen LogP contribution in [-0.2, 0) is 0 Å². The summed E-state index contributed by atoms with van der Waals surface area (Å²) in [5, 5.41) is 1.17. The van der Waals surface area contributed by atoms with E-state index in [4.69, 9.17) is 9.97 Å². The summed E-state index contributed by atoms with van der Waals surface area (Å²) in [6.07, 6.45) is 3.57. The van der Waals surface area contributed by atoms with Gasteiger partial charge in [-0.3, -0.25) is 9.97 Å². The van der Waals surface area contributed by atoms with Gasteiger partial charge < -0.3 is 9.80 Å². The summed E-state index contributed by atoms with van der Waals surface area (Å²) in [6, 6.07) is 21.0. The monoisotopic (exact) mass is 381 g/mol. The zero-order valence-electron chi connectivity index (χ0n) is 16.7. The number of anilines is 2. The Morgan fingerprint density at radius 2 is 1.62 bits per heavy atom. The standard InChI is InChI=1S/C24H23N5/c1-28(2)20-10-7-18(8-11-20)23-24(26-14-13-25-23)19-15-29(16-19)22-12-9-17-5-3-4-6-21(17)27-22/h3-14,19H,15-16H2,1-2H3. The minimum Gasteiger partial charge on any atom is -0.378 e. The van der Waals surface area contributed by atoms with Crippen molar-refractivity contribution in [3.8, 4) is 11.3 Å². The lowest BCUT2D eigenvalue weighted by atomic mass is 9.92. The number of fused-ring (bicyclic) bond motifs is 1. The van der Waals surface area contributed by atoms with Crippen LogP contribution in [0.2, 0.25) is 0 Å². The third-order valence-corrected chi connectivity index (χ3v) is 5.56. The van der Waals surface area contributed by atoms with E-state index in [1.165, 1.54) is 11.1 Å². The molecule has 0 radical (unpaired) electrons. The lowest BCUT2D eigenvalue weighted by Crippen LogP contribution is -2.46. The van der Waals surface area contributed by atoms with E-state index >= 15 is 0 Å². The molecule has 0 unspecified atom stereocenters. The molecule has 144 valence electrons. The van der Waals surface area contributed by atoms with Crippen LogP contribution >= 0.6 is 0 Å². The molecule has 1 aliphatic rings. The Bertz CT molecular complexity index is 1150. The predicted molar refractivity (Wildman–Crippen MR) is 118 cm³/mol. The van der Waals surface area contributed by atoms with Gasteiger partial charge >= 0.3 is 0 Å². The fraction of sp³-hybridized carbons (Fsp3) is 0.208. The first kappa shape index (κ1) is 17.6. The summed E-state index contributed by atoms with van der Waals surface area (Å²) in [4.78, 5) is 18.6. The third kappa shape index (κ3) is 3.29. The fourth-order valence-electron chi connectivity index (χ4n) is 3.86. The van der Waals surface area contributed by atoms with E-state index in [2.05, 4.69) is 63.3 Å². The van der Waals surface area contributed by atoms with Crippen LogP contribution in [0.15, 0.2) is 73.1 Å². The number of rotatable bonds is 4. The van der Waals surface area contributed by atoms with Crippen LogP contribution in [0.4, 0.5) is 11.5 Å². The maximum absolute atomic E-state index is 4.82. The van der Waals surface area contributed by atoms with Crippen LogP contribution < -0.4 is 9.80 Å². The number of benzene rings is 2. The van der Waals surface area contributed by atoms with E-state index in [1.54, 1.807) is 12.4 Å². The molecule has 5 rings (SSSR count). The van der Waals surface area contributed by atoms with Gasteiger partial charge in [0.15, 0.2) is 0 Å². The summed E-state index contributed by atoms with van der Waals surface area (Å²) in [5.41, 5.74) is 5.38. The maximum atomic E-state index is 4.82. The zero-order chi connectivity index (χ0) is 19.8. The van der Waals surface area contributed by atoms with Gasteiger partial charge in [0.05, 0.1) is 16.9 Å². The van der Waals surface area contributed by atoms with Crippen molar-refractivity contribution < 1.29 is 0 Å². The molecule has 0 N–H and O–H groups in total. The highest BCUT2D eigenvalue weighted by Gasteiger charge is 2.32. The van der Waals surface area contributed by atoms with Gasteiger partial charge in [-0.1, -0.05) is 30.3 Å². The number of aromatic nitrogens is 3. The van der Waals surface area contributed by atoms with Crippen molar-refractivity contribution in [2.75, 3.05) is 37.0 Å². The van der Waals surface area contributed by atoms with Crippen molar-refractivity contribution in [3.05, 3.63) is 78.8 Å². The second-order valence-corrected chi connectivity index (χ2v) is 7.70. The van der Waals surface area contributed by atoms with Crippen molar-refractivity contribution >= 4 is 22.4 Å². The number of para-hydroxylation sites is 1. The molecule has 2 aromatic heterocycles. The molecule has 3 heterocycles. The molecule has 29 heavy (non-hydrogen) atoms. The first-order valence-corrected chi connectivity index (χ1v) is 9.88. The lowest BCUT2D eigenvalue weighted by Gasteiger charge is -2.40. The Labute approximate surface area is 170 Å². The Kier molecular flexibility index (Phi) is 4.35. The van der Waals surface area contributed by atoms with Crippen LogP contribution in [0.3, 0.4) is 0 Å². The largest absolute Gasteiger partial charge is 0.378 e. The van der Waals surface area contributed by atoms with Crippen molar-refractivity contribution in [3.63, 3.8) is 0 Å². The highest BCUT2D eigenvalue weighted by Crippen LogP contribution is 2.35. The zero-order valence-corrected chi connectivity index (χ0v) is 16.7.